The molecule has 0 fully saturated rings. The van der Waals surface area contributed by atoms with Crippen molar-refractivity contribution in [3.05, 3.63) is 63.9 Å². The maximum Gasteiger partial charge on any atom is 0.253 e. The molecule has 0 aliphatic heterocycles. The van der Waals surface area contributed by atoms with Crippen molar-refractivity contribution < 1.29 is 17.6 Å². The lowest BCUT2D eigenvalue weighted by atomic mass is 10.1. The Hall–Kier alpha value is -1.77. The summed E-state index contributed by atoms with van der Waals surface area (Å²) in [5, 5.41) is 0. The molecule has 146 valence electrons. The highest BCUT2D eigenvalue weighted by Gasteiger charge is 2.22. The van der Waals surface area contributed by atoms with Gasteiger partial charge in [-0.2, -0.15) is 0 Å². The minimum absolute atomic E-state index is 0.0784. The monoisotopic (exact) mass is 456 g/mol. The van der Waals surface area contributed by atoms with Gasteiger partial charge in [-0.15, -0.1) is 0 Å². The molecule has 1 N–H and O–H groups in total. The summed E-state index contributed by atoms with van der Waals surface area (Å²) in [6.45, 7) is 5.34. The van der Waals surface area contributed by atoms with Crippen LogP contribution in [0, 0.1) is 5.82 Å². The van der Waals surface area contributed by atoms with E-state index in [9.17, 15) is 17.6 Å². The van der Waals surface area contributed by atoms with E-state index in [0.29, 0.717) is 11.1 Å². The van der Waals surface area contributed by atoms with Gasteiger partial charge in [0.2, 0.25) is 10.0 Å². The molecule has 2 rings (SSSR count). The third-order valence-corrected chi connectivity index (χ3v) is 5.88. The number of hydrogen-bond acceptors (Lipinski definition) is 3. The fraction of sp³-hybridized carbons (Fsp3) is 0.316. The Kier molecular flexibility index (Phi) is 6.44. The van der Waals surface area contributed by atoms with Gasteiger partial charge in [0.1, 0.15) is 5.82 Å². The molecule has 0 bridgehead atoms. The topological polar surface area (TPSA) is 66.5 Å². The summed E-state index contributed by atoms with van der Waals surface area (Å²) in [6.07, 6.45) is 0. The highest BCUT2D eigenvalue weighted by atomic mass is 79.9. The first-order valence-corrected chi connectivity index (χ1v) is 10.5. The number of carbonyl (C=O) groups excluding carboxylic acids is 1. The Balaban J connectivity index is 2.16. The molecule has 0 saturated heterocycles. The molecule has 27 heavy (non-hydrogen) atoms. The Bertz CT molecular complexity index is 938. The molecule has 0 spiro atoms. The molecule has 0 atom stereocenters. The minimum atomic E-state index is -3.67. The lowest BCUT2D eigenvalue weighted by Gasteiger charge is -2.21. The first-order chi connectivity index (χ1) is 12.4. The number of nitrogens with zero attached hydrogens (tertiary/aromatic N) is 1. The maximum absolute atomic E-state index is 13.9. The summed E-state index contributed by atoms with van der Waals surface area (Å²) in [5.41, 5.74) is 0.0955. The van der Waals surface area contributed by atoms with Crippen LogP contribution in [-0.2, 0) is 16.6 Å². The second-order valence-electron chi connectivity index (χ2n) is 7.28. The number of nitrogens with one attached hydrogen (secondary N) is 1. The van der Waals surface area contributed by atoms with Crippen LogP contribution in [0.25, 0.3) is 0 Å². The molecule has 8 heteroatoms. The predicted octanol–water partition coefficient (Wildman–Crippen LogP) is 3.94. The van der Waals surface area contributed by atoms with Crippen LogP contribution in [0.2, 0.25) is 0 Å². The van der Waals surface area contributed by atoms with E-state index in [1.807, 2.05) is 0 Å². The quantitative estimate of drug-likeness (QED) is 0.740. The van der Waals surface area contributed by atoms with Gasteiger partial charge in [0.15, 0.2) is 0 Å². The first kappa shape index (κ1) is 21.5. The molecule has 2 aromatic rings. The van der Waals surface area contributed by atoms with E-state index in [4.69, 9.17) is 0 Å². The second-order valence-corrected chi connectivity index (χ2v) is 9.87. The summed E-state index contributed by atoms with van der Waals surface area (Å²) >= 11 is 3.28. The largest absolute Gasteiger partial charge is 0.337 e. The molecule has 2 aromatic carbocycles. The third kappa shape index (κ3) is 5.85. The number of benzene rings is 2. The van der Waals surface area contributed by atoms with Gasteiger partial charge in [0.25, 0.3) is 5.91 Å². The first-order valence-electron chi connectivity index (χ1n) is 8.22. The fourth-order valence-corrected chi connectivity index (χ4v) is 4.28. The number of sulfonamides is 1. The molecule has 1 amide bonds. The average molecular weight is 457 g/mol. The van der Waals surface area contributed by atoms with Gasteiger partial charge in [-0.3, -0.25) is 4.79 Å². The zero-order valence-corrected chi connectivity index (χ0v) is 18.0. The zero-order valence-electron chi connectivity index (χ0n) is 15.6. The average Bonchev–Trinajstić information content (AvgIpc) is 2.55. The van der Waals surface area contributed by atoms with Crippen LogP contribution in [0.3, 0.4) is 0 Å². The molecule has 0 unspecified atom stereocenters. The van der Waals surface area contributed by atoms with Gasteiger partial charge in [-0.05, 0) is 63.2 Å². The summed E-state index contributed by atoms with van der Waals surface area (Å²) in [5.74, 6) is -0.727. The van der Waals surface area contributed by atoms with Crippen molar-refractivity contribution >= 4 is 31.9 Å². The van der Waals surface area contributed by atoms with Gasteiger partial charge < -0.3 is 4.90 Å². The van der Waals surface area contributed by atoms with E-state index < -0.39 is 21.4 Å². The Morgan fingerprint density at radius 2 is 1.74 bits per heavy atom. The standard InChI is InChI=1S/C19H22BrFN2O3S/c1-19(2,3)22-27(25,26)16-8-5-13(6-9-16)18(24)23(4)12-14-11-15(20)7-10-17(14)21/h5-11,22H,12H2,1-4H3. The Labute approximate surface area is 167 Å². The molecule has 0 radical (unpaired) electrons. The SMILES string of the molecule is CN(Cc1cc(Br)ccc1F)C(=O)c1ccc(S(=O)(=O)NC(C)(C)C)cc1. The van der Waals surface area contributed by atoms with E-state index in [0.717, 1.165) is 4.47 Å². The summed E-state index contributed by atoms with van der Waals surface area (Å²) in [4.78, 5) is 14.0. The van der Waals surface area contributed by atoms with Gasteiger partial charge in [-0.1, -0.05) is 15.9 Å². The van der Waals surface area contributed by atoms with Crippen LogP contribution in [0.15, 0.2) is 51.8 Å². The van der Waals surface area contributed by atoms with Gasteiger partial charge >= 0.3 is 0 Å². The van der Waals surface area contributed by atoms with Crippen molar-refractivity contribution in [2.24, 2.45) is 0 Å². The number of rotatable bonds is 5. The fourth-order valence-electron chi connectivity index (χ4n) is 2.45. The van der Waals surface area contributed by atoms with Crippen molar-refractivity contribution in [3.63, 3.8) is 0 Å². The molecule has 0 aliphatic carbocycles. The summed E-state index contributed by atoms with van der Waals surface area (Å²) in [6, 6.07) is 10.2. The van der Waals surface area contributed by atoms with Crippen LogP contribution in [0.4, 0.5) is 4.39 Å². The molecule has 0 aromatic heterocycles. The summed E-state index contributed by atoms with van der Waals surface area (Å²) < 4.78 is 41.8. The van der Waals surface area contributed by atoms with Crippen LogP contribution < -0.4 is 4.72 Å². The highest BCUT2D eigenvalue weighted by Crippen LogP contribution is 2.19. The third-order valence-electron chi connectivity index (χ3n) is 3.61. The predicted molar refractivity (Wildman–Crippen MR) is 106 cm³/mol. The van der Waals surface area contributed by atoms with Crippen molar-refractivity contribution in [2.45, 2.75) is 37.8 Å². The van der Waals surface area contributed by atoms with E-state index in [1.54, 1.807) is 40.0 Å². The van der Waals surface area contributed by atoms with Crippen LogP contribution in [-0.4, -0.2) is 31.8 Å². The van der Waals surface area contributed by atoms with E-state index in [2.05, 4.69) is 20.7 Å². The van der Waals surface area contributed by atoms with Gasteiger partial charge in [0, 0.05) is 34.7 Å². The molecule has 5 nitrogen and oxygen atoms in total. The van der Waals surface area contributed by atoms with Gasteiger partial charge in [-0.25, -0.2) is 17.5 Å². The lowest BCUT2D eigenvalue weighted by molar-refractivity contribution is 0.0783. The number of halogens is 2. The van der Waals surface area contributed by atoms with Crippen molar-refractivity contribution in [1.82, 2.24) is 9.62 Å². The normalized spacial score (nSPS) is 12.1. The van der Waals surface area contributed by atoms with Crippen LogP contribution in [0.1, 0.15) is 36.7 Å². The van der Waals surface area contributed by atoms with Crippen LogP contribution >= 0.6 is 15.9 Å². The van der Waals surface area contributed by atoms with E-state index in [1.165, 1.54) is 35.2 Å². The number of amides is 1. The second kappa shape index (κ2) is 8.08. The highest BCUT2D eigenvalue weighted by molar-refractivity contribution is 9.10. The Morgan fingerprint density at radius 1 is 1.15 bits per heavy atom. The zero-order chi connectivity index (χ0) is 20.4. The lowest BCUT2D eigenvalue weighted by Crippen LogP contribution is -2.40. The molecule has 0 saturated carbocycles. The summed E-state index contributed by atoms with van der Waals surface area (Å²) in [7, 11) is -2.11. The Morgan fingerprint density at radius 3 is 2.30 bits per heavy atom. The number of carbonyl (C=O) groups is 1. The molecular formula is C19H22BrFN2O3S. The van der Waals surface area contributed by atoms with Crippen molar-refractivity contribution in [1.29, 1.82) is 0 Å². The van der Waals surface area contributed by atoms with Crippen LogP contribution in [0.5, 0.6) is 0 Å². The molecule has 0 aliphatic rings. The number of hydrogen-bond donors (Lipinski definition) is 1. The van der Waals surface area contributed by atoms with Gasteiger partial charge in [0.05, 0.1) is 4.90 Å². The van der Waals surface area contributed by atoms with E-state index in [-0.39, 0.29) is 17.3 Å². The van der Waals surface area contributed by atoms with Crippen molar-refractivity contribution in [3.8, 4) is 0 Å². The molecule has 0 heterocycles. The molecular weight excluding hydrogens is 435 g/mol. The van der Waals surface area contributed by atoms with Crippen molar-refractivity contribution in [2.75, 3.05) is 7.05 Å². The minimum Gasteiger partial charge on any atom is -0.337 e. The van der Waals surface area contributed by atoms with E-state index >= 15 is 0 Å². The smallest absolute Gasteiger partial charge is 0.253 e. The maximum atomic E-state index is 13.9.